The van der Waals surface area contributed by atoms with Crippen LogP contribution >= 0.6 is 11.6 Å². The zero-order valence-corrected chi connectivity index (χ0v) is 19.6. The molecular formula is C26H27ClF3NO4. The van der Waals surface area contributed by atoms with Gasteiger partial charge < -0.3 is 25.4 Å². The maximum atomic E-state index is 12.9. The highest BCUT2D eigenvalue weighted by Gasteiger charge is 2.30. The van der Waals surface area contributed by atoms with E-state index in [4.69, 9.17) is 26.8 Å². The Labute approximate surface area is 206 Å². The first-order valence-corrected chi connectivity index (χ1v) is 11.4. The van der Waals surface area contributed by atoms with Crippen molar-refractivity contribution in [2.75, 3.05) is 13.2 Å². The molecule has 9 heteroatoms. The molecule has 0 saturated heterocycles. The lowest BCUT2D eigenvalue weighted by atomic mass is 9.94. The lowest BCUT2D eigenvalue weighted by Gasteiger charge is -2.24. The lowest BCUT2D eigenvalue weighted by molar-refractivity contribution is -0.137. The highest BCUT2D eigenvalue weighted by molar-refractivity contribution is 6.31. The fraction of sp³-hybridized carbons (Fsp3) is 0.308. The van der Waals surface area contributed by atoms with Gasteiger partial charge in [0.05, 0.1) is 24.3 Å². The Morgan fingerprint density at radius 2 is 1.54 bits per heavy atom. The summed E-state index contributed by atoms with van der Waals surface area (Å²) in [4.78, 5) is 0. The van der Waals surface area contributed by atoms with Crippen LogP contribution in [0.1, 0.15) is 29.5 Å². The van der Waals surface area contributed by atoms with E-state index in [0.717, 1.165) is 17.7 Å². The van der Waals surface area contributed by atoms with Gasteiger partial charge in [-0.05, 0) is 66.8 Å². The molecule has 0 atom stereocenters. The van der Waals surface area contributed by atoms with E-state index in [2.05, 4.69) is 0 Å². The number of hydrogen-bond donors (Lipinski definition) is 3. The normalized spacial score (nSPS) is 12.0. The van der Waals surface area contributed by atoms with Gasteiger partial charge in [0.2, 0.25) is 0 Å². The second-order valence-corrected chi connectivity index (χ2v) is 8.76. The van der Waals surface area contributed by atoms with E-state index in [1.807, 2.05) is 6.07 Å². The number of ether oxygens (including phenoxy) is 2. The molecule has 0 aromatic heterocycles. The van der Waals surface area contributed by atoms with Crippen LogP contribution in [-0.2, 0) is 19.2 Å². The smallest absolute Gasteiger partial charge is 0.416 e. The molecule has 0 aliphatic heterocycles. The van der Waals surface area contributed by atoms with E-state index in [9.17, 15) is 23.4 Å². The van der Waals surface area contributed by atoms with Crippen molar-refractivity contribution in [1.29, 1.82) is 0 Å². The molecule has 188 valence electrons. The van der Waals surface area contributed by atoms with Gasteiger partial charge in [0.25, 0.3) is 0 Å². The Bertz CT molecular complexity index is 1120. The fourth-order valence-corrected chi connectivity index (χ4v) is 3.67. The second kappa shape index (κ2) is 11.8. The highest BCUT2D eigenvalue weighted by Crippen LogP contribution is 2.31. The Hall–Kier alpha value is -2.78. The average Bonchev–Trinajstić information content (AvgIpc) is 2.84. The van der Waals surface area contributed by atoms with E-state index in [0.29, 0.717) is 47.1 Å². The van der Waals surface area contributed by atoms with E-state index in [-0.39, 0.29) is 19.8 Å². The molecule has 0 spiro atoms. The van der Waals surface area contributed by atoms with Gasteiger partial charge in [0, 0.05) is 11.1 Å². The maximum absolute atomic E-state index is 12.9. The molecule has 4 N–H and O–H groups in total. The maximum Gasteiger partial charge on any atom is 0.416 e. The zero-order valence-electron chi connectivity index (χ0n) is 18.9. The van der Waals surface area contributed by atoms with Crippen LogP contribution in [0.5, 0.6) is 17.2 Å². The van der Waals surface area contributed by atoms with Gasteiger partial charge in [-0.2, -0.15) is 13.2 Å². The first kappa shape index (κ1) is 26.8. The predicted octanol–water partition coefficient (Wildman–Crippen LogP) is 5.73. The third-order valence-corrected chi connectivity index (χ3v) is 5.83. The topological polar surface area (TPSA) is 84.9 Å². The highest BCUT2D eigenvalue weighted by atomic mass is 35.5. The van der Waals surface area contributed by atoms with Crippen LogP contribution in [0.15, 0.2) is 66.7 Å². The van der Waals surface area contributed by atoms with Crippen molar-refractivity contribution in [3.05, 3.63) is 88.4 Å². The van der Waals surface area contributed by atoms with Gasteiger partial charge in [-0.1, -0.05) is 35.9 Å². The molecule has 0 bridgehead atoms. The molecule has 0 unspecified atom stereocenters. The standard InChI is InChI=1S/C26H27ClF3NO4/c27-24-14-23(10-9-19(24)5-3-11-25(31,16-32)17-33)35-22-8-2-7-21(13-22)34-15-18-4-1-6-20(12-18)26(28,29)30/h1-2,4,6-10,12-14,32-33H,3,5,11,15-17,31H2. The largest absolute Gasteiger partial charge is 0.489 e. The third-order valence-electron chi connectivity index (χ3n) is 5.48. The quantitative estimate of drug-likeness (QED) is 0.307. The molecule has 0 radical (unpaired) electrons. The predicted molar refractivity (Wildman–Crippen MR) is 128 cm³/mol. The summed E-state index contributed by atoms with van der Waals surface area (Å²) in [7, 11) is 0. The van der Waals surface area contributed by atoms with E-state index < -0.39 is 17.3 Å². The molecular weight excluding hydrogens is 483 g/mol. The molecule has 0 aliphatic rings. The number of aryl methyl sites for hydroxylation is 1. The molecule has 35 heavy (non-hydrogen) atoms. The molecule has 0 heterocycles. The number of aliphatic hydroxyl groups is 2. The third kappa shape index (κ3) is 7.86. The number of alkyl halides is 3. The first-order chi connectivity index (χ1) is 16.6. The second-order valence-electron chi connectivity index (χ2n) is 8.35. The molecule has 0 fully saturated rings. The Kier molecular flexibility index (Phi) is 9.02. The van der Waals surface area contributed by atoms with Crippen molar-refractivity contribution in [3.8, 4) is 17.2 Å². The molecule has 0 amide bonds. The van der Waals surface area contributed by atoms with Crippen LogP contribution in [0.2, 0.25) is 5.02 Å². The molecule has 3 rings (SSSR count). The van der Waals surface area contributed by atoms with Crippen molar-refractivity contribution >= 4 is 11.6 Å². The van der Waals surface area contributed by atoms with E-state index in [1.54, 1.807) is 42.5 Å². The lowest BCUT2D eigenvalue weighted by Crippen LogP contribution is -2.47. The summed E-state index contributed by atoms with van der Waals surface area (Å²) >= 11 is 6.39. The van der Waals surface area contributed by atoms with Crippen LogP contribution < -0.4 is 15.2 Å². The molecule has 5 nitrogen and oxygen atoms in total. The summed E-state index contributed by atoms with van der Waals surface area (Å²) in [5.74, 6) is 1.43. The minimum Gasteiger partial charge on any atom is -0.489 e. The summed E-state index contributed by atoms with van der Waals surface area (Å²) in [6.07, 6.45) is -2.70. The minimum atomic E-state index is -4.41. The Morgan fingerprint density at radius 3 is 2.23 bits per heavy atom. The van der Waals surface area contributed by atoms with Gasteiger partial charge in [-0.15, -0.1) is 0 Å². The van der Waals surface area contributed by atoms with Crippen LogP contribution in [0.4, 0.5) is 13.2 Å². The fourth-order valence-electron chi connectivity index (χ4n) is 3.40. The number of halogens is 4. The Balaban J connectivity index is 1.59. The van der Waals surface area contributed by atoms with Gasteiger partial charge in [-0.3, -0.25) is 0 Å². The van der Waals surface area contributed by atoms with Gasteiger partial charge in [0.1, 0.15) is 23.9 Å². The van der Waals surface area contributed by atoms with Gasteiger partial charge in [-0.25, -0.2) is 0 Å². The number of nitrogens with two attached hydrogens (primary N) is 1. The first-order valence-electron chi connectivity index (χ1n) is 11.0. The van der Waals surface area contributed by atoms with Crippen LogP contribution in [-0.4, -0.2) is 29.0 Å². The number of hydrogen-bond acceptors (Lipinski definition) is 5. The summed E-state index contributed by atoms with van der Waals surface area (Å²) < 4.78 is 50.2. The monoisotopic (exact) mass is 509 g/mol. The average molecular weight is 510 g/mol. The van der Waals surface area contributed by atoms with Crippen LogP contribution in [0, 0.1) is 0 Å². The SMILES string of the molecule is NC(CO)(CO)CCCc1ccc(Oc2cccc(OCc3cccc(C(F)(F)F)c3)c2)cc1Cl. The van der Waals surface area contributed by atoms with Gasteiger partial charge in [0.15, 0.2) is 0 Å². The van der Waals surface area contributed by atoms with Crippen molar-refractivity contribution in [2.24, 2.45) is 5.73 Å². The van der Waals surface area contributed by atoms with Crippen molar-refractivity contribution in [3.63, 3.8) is 0 Å². The number of rotatable bonds is 11. The van der Waals surface area contributed by atoms with Crippen molar-refractivity contribution in [2.45, 2.75) is 37.6 Å². The van der Waals surface area contributed by atoms with Gasteiger partial charge >= 0.3 is 6.18 Å². The minimum absolute atomic E-state index is 0.0233. The molecule has 3 aromatic carbocycles. The van der Waals surface area contributed by atoms with Crippen molar-refractivity contribution in [1.82, 2.24) is 0 Å². The molecule has 3 aromatic rings. The van der Waals surface area contributed by atoms with Crippen LogP contribution in [0.25, 0.3) is 0 Å². The van der Waals surface area contributed by atoms with E-state index >= 15 is 0 Å². The summed E-state index contributed by atoms with van der Waals surface area (Å²) in [5, 5.41) is 19.1. The van der Waals surface area contributed by atoms with E-state index in [1.165, 1.54) is 6.07 Å². The number of aliphatic hydroxyl groups excluding tert-OH is 2. The summed E-state index contributed by atoms with van der Waals surface area (Å²) in [5.41, 5.74) is 5.44. The summed E-state index contributed by atoms with van der Waals surface area (Å²) in [6, 6.07) is 17.0. The number of benzene rings is 3. The Morgan fingerprint density at radius 1 is 0.857 bits per heavy atom. The van der Waals surface area contributed by atoms with Crippen LogP contribution in [0.3, 0.4) is 0 Å². The molecule has 0 saturated carbocycles. The van der Waals surface area contributed by atoms with Crippen molar-refractivity contribution < 1.29 is 32.9 Å². The molecule has 0 aliphatic carbocycles. The summed E-state index contributed by atoms with van der Waals surface area (Å²) in [6.45, 7) is -0.621. The zero-order chi connectivity index (χ0) is 25.5.